The molecular weight excluding hydrogens is 248 g/mol. The van der Waals surface area contributed by atoms with E-state index in [-0.39, 0.29) is 6.29 Å². The largest absolute Gasteiger partial charge is 0.353 e. The predicted octanol–water partition coefficient (Wildman–Crippen LogP) is 4.78. The molecule has 2 rings (SSSR count). The van der Waals surface area contributed by atoms with E-state index in [1.54, 1.807) is 0 Å². The fraction of sp³-hybridized carbons (Fsp3) is 0.667. The number of allylic oxidation sites excluding steroid dienone is 5. The van der Waals surface area contributed by atoms with Crippen LogP contribution in [0.5, 0.6) is 0 Å². The Hall–Kier alpha value is -0.860. The molecule has 2 aliphatic rings. The smallest absolute Gasteiger partial charge is 0.157 e. The Labute approximate surface area is 123 Å². The molecule has 1 aliphatic carbocycles. The summed E-state index contributed by atoms with van der Waals surface area (Å²) in [6, 6.07) is 0. The molecular formula is C18H28O2. The highest BCUT2D eigenvalue weighted by atomic mass is 16.7. The van der Waals surface area contributed by atoms with Gasteiger partial charge in [0, 0.05) is 12.5 Å². The van der Waals surface area contributed by atoms with Crippen LogP contribution < -0.4 is 0 Å². The lowest BCUT2D eigenvalue weighted by atomic mass is 9.95. The van der Waals surface area contributed by atoms with Crippen LogP contribution in [0.25, 0.3) is 0 Å². The lowest BCUT2D eigenvalue weighted by molar-refractivity contribution is -0.167. The quantitative estimate of drug-likeness (QED) is 0.623. The van der Waals surface area contributed by atoms with Crippen LogP contribution >= 0.6 is 0 Å². The molecule has 0 N–H and O–H groups in total. The van der Waals surface area contributed by atoms with Crippen molar-refractivity contribution in [2.45, 2.75) is 58.7 Å². The summed E-state index contributed by atoms with van der Waals surface area (Å²) in [5.74, 6) is 0.509. The van der Waals surface area contributed by atoms with Gasteiger partial charge in [0.2, 0.25) is 0 Å². The van der Waals surface area contributed by atoms with Gasteiger partial charge >= 0.3 is 0 Å². The monoisotopic (exact) mass is 276 g/mol. The average molecular weight is 276 g/mol. The normalized spacial score (nSPS) is 23.5. The molecule has 0 spiro atoms. The molecule has 20 heavy (non-hydrogen) atoms. The standard InChI is InChI=1S/C18H28O2/c1-15(2)8-7-11-17(16-9-3-4-10-16)14-20-18-12-5-6-13-19-18/h3,8-10,17-18H,4-7,11-14H2,1-2H3. The third kappa shape index (κ3) is 5.26. The fourth-order valence-corrected chi connectivity index (χ4v) is 2.76. The fourth-order valence-electron chi connectivity index (χ4n) is 2.76. The topological polar surface area (TPSA) is 18.5 Å². The van der Waals surface area contributed by atoms with Crippen LogP contribution in [0.2, 0.25) is 0 Å². The van der Waals surface area contributed by atoms with E-state index in [2.05, 4.69) is 38.2 Å². The van der Waals surface area contributed by atoms with Crippen LogP contribution in [0.1, 0.15) is 52.4 Å². The number of hydrogen-bond acceptors (Lipinski definition) is 2. The van der Waals surface area contributed by atoms with Gasteiger partial charge in [-0.2, -0.15) is 0 Å². The minimum Gasteiger partial charge on any atom is -0.353 e. The van der Waals surface area contributed by atoms with E-state index in [0.717, 1.165) is 38.9 Å². The summed E-state index contributed by atoms with van der Waals surface area (Å²) in [4.78, 5) is 0. The van der Waals surface area contributed by atoms with Crippen molar-refractivity contribution in [3.05, 3.63) is 35.5 Å². The summed E-state index contributed by atoms with van der Waals surface area (Å²) >= 11 is 0. The van der Waals surface area contributed by atoms with Gasteiger partial charge in [0.25, 0.3) is 0 Å². The third-order valence-electron chi connectivity index (χ3n) is 3.96. The zero-order valence-corrected chi connectivity index (χ0v) is 12.9. The molecule has 0 radical (unpaired) electrons. The lowest BCUT2D eigenvalue weighted by Crippen LogP contribution is -2.25. The molecule has 0 bridgehead atoms. The number of hydrogen-bond donors (Lipinski definition) is 0. The van der Waals surface area contributed by atoms with Crippen molar-refractivity contribution in [3.8, 4) is 0 Å². The summed E-state index contributed by atoms with van der Waals surface area (Å²) in [5, 5.41) is 0. The zero-order valence-electron chi connectivity index (χ0n) is 12.9. The Morgan fingerprint density at radius 1 is 1.45 bits per heavy atom. The molecule has 1 saturated heterocycles. The Morgan fingerprint density at radius 3 is 3.00 bits per heavy atom. The van der Waals surface area contributed by atoms with Crippen LogP contribution in [0, 0.1) is 5.92 Å². The van der Waals surface area contributed by atoms with Gasteiger partial charge < -0.3 is 9.47 Å². The molecule has 2 heteroatoms. The first kappa shape index (κ1) is 15.5. The summed E-state index contributed by atoms with van der Waals surface area (Å²) in [7, 11) is 0. The highest BCUT2D eigenvalue weighted by Crippen LogP contribution is 2.25. The van der Waals surface area contributed by atoms with Crippen molar-refractivity contribution >= 4 is 0 Å². The van der Waals surface area contributed by atoms with Gasteiger partial charge in [0.05, 0.1) is 6.61 Å². The van der Waals surface area contributed by atoms with Gasteiger partial charge in [-0.1, -0.05) is 29.9 Å². The molecule has 1 aliphatic heterocycles. The average Bonchev–Trinajstić information content (AvgIpc) is 2.97. The van der Waals surface area contributed by atoms with Crippen molar-refractivity contribution < 1.29 is 9.47 Å². The van der Waals surface area contributed by atoms with Gasteiger partial charge in [-0.3, -0.25) is 0 Å². The van der Waals surface area contributed by atoms with Gasteiger partial charge in [-0.15, -0.1) is 0 Å². The molecule has 0 aromatic heterocycles. The predicted molar refractivity (Wildman–Crippen MR) is 83.5 cm³/mol. The third-order valence-corrected chi connectivity index (χ3v) is 3.96. The van der Waals surface area contributed by atoms with Crippen LogP contribution in [-0.2, 0) is 9.47 Å². The van der Waals surface area contributed by atoms with E-state index in [4.69, 9.17) is 9.47 Å². The highest BCUT2D eigenvalue weighted by molar-refractivity contribution is 5.28. The van der Waals surface area contributed by atoms with Crippen molar-refractivity contribution in [1.82, 2.24) is 0 Å². The molecule has 1 fully saturated rings. The maximum Gasteiger partial charge on any atom is 0.157 e. The number of ether oxygens (including phenoxy) is 2. The lowest BCUT2D eigenvalue weighted by Gasteiger charge is -2.25. The molecule has 2 nitrogen and oxygen atoms in total. The second kappa shape index (κ2) is 8.43. The molecule has 0 amide bonds. The SMILES string of the molecule is CC(C)=CCCC(COC1CCCCO1)C1=CCC=C1. The summed E-state index contributed by atoms with van der Waals surface area (Å²) < 4.78 is 11.7. The van der Waals surface area contributed by atoms with Crippen molar-refractivity contribution in [2.24, 2.45) is 5.92 Å². The Kier molecular flexibility index (Phi) is 6.55. The second-order valence-electron chi connectivity index (χ2n) is 6.03. The molecule has 1 heterocycles. The molecule has 0 saturated carbocycles. The van der Waals surface area contributed by atoms with E-state index in [0.29, 0.717) is 5.92 Å². The maximum atomic E-state index is 6.00. The molecule has 2 atom stereocenters. The van der Waals surface area contributed by atoms with Crippen LogP contribution in [0.3, 0.4) is 0 Å². The van der Waals surface area contributed by atoms with Gasteiger partial charge in [-0.05, 0) is 57.9 Å². The first-order valence-corrected chi connectivity index (χ1v) is 7.99. The van der Waals surface area contributed by atoms with E-state index in [1.165, 1.54) is 24.0 Å². The number of rotatable bonds is 7. The molecule has 112 valence electrons. The Bertz CT molecular complexity index is 369. The minimum atomic E-state index is 0.0284. The molecule has 0 aromatic rings. The van der Waals surface area contributed by atoms with Crippen molar-refractivity contribution in [2.75, 3.05) is 13.2 Å². The molecule has 2 unspecified atom stereocenters. The first-order chi connectivity index (χ1) is 9.75. The van der Waals surface area contributed by atoms with E-state index >= 15 is 0 Å². The van der Waals surface area contributed by atoms with E-state index in [1.807, 2.05) is 0 Å². The van der Waals surface area contributed by atoms with Crippen molar-refractivity contribution in [3.63, 3.8) is 0 Å². The Balaban J connectivity index is 1.82. The summed E-state index contributed by atoms with van der Waals surface area (Å²) in [6.07, 6.45) is 16.0. The Morgan fingerprint density at radius 2 is 2.35 bits per heavy atom. The molecule has 0 aromatic carbocycles. The van der Waals surface area contributed by atoms with Crippen LogP contribution in [-0.4, -0.2) is 19.5 Å². The summed E-state index contributed by atoms with van der Waals surface area (Å²) in [5.41, 5.74) is 2.85. The minimum absolute atomic E-state index is 0.0284. The zero-order chi connectivity index (χ0) is 14.2. The van der Waals surface area contributed by atoms with E-state index in [9.17, 15) is 0 Å². The van der Waals surface area contributed by atoms with Crippen molar-refractivity contribution in [1.29, 1.82) is 0 Å². The first-order valence-electron chi connectivity index (χ1n) is 7.99. The van der Waals surface area contributed by atoms with Crippen LogP contribution in [0.15, 0.2) is 35.5 Å². The van der Waals surface area contributed by atoms with Crippen LogP contribution in [0.4, 0.5) is 0 Å². The summed E-state index contributed by atoms with van der Waals surface area (Å²) in [6.45, 7) is 5.97. The van der Waals surface area contributed by atoms with Gasteiger partial charge in [-0.25, -0.2) is 0 Å². The van der Waals surface area contributed by atoms with Gasteiger partial charge in [0.15, 0.2) is 6.29 Å². The second-order valence-corrected chi connectivity index (χ2v) is 6.03. The maximum absolute atomic E-state index is 6.00. The van der Waals surface area contributed by atoms with Gasteiger partial charge in [0.1, 0.15) is 0 Å². The van der Waals surface area contributed by atoms with E-state index < -0.39 is 0 Å². The highest BCUT2D eigenvalue weighted by Gasteiger charge is 2.19.